The highest BCUT2D eigenvalue weighted by molar-refractivity contribution is 5.79. The highest BCUT2D eigenvalue weighted by atomic mass is 19.3. The lowest BCUT2D eigenvalue weighted by molar-refractivity contribution is 0.122. The number of anilines is 2. The Bertz CT molecular complexity index is 1060. The van der Waals surface area contributed by atoms with Crippen LogP contribution >= 0.6 is 0 Å². The van der Waals surface area contributed by atoms with E-state index in [2.05, 4.69) is 15.2 Å². The van der Waals surface area contributed by atoms with Crippen LogP contribution in [0.15, 0.2) is 36.4 Å². The fourth-order valence-electron chi connectivity index (χ4n) is 4.78. The molecule has 1 N–H and O–H groups in total. The van der Waals surface area contributed by atoms with E-state index in [-0.39, 0.29) is 5.82 Å². The number of rotatable bonds is 6. The number of nitrogens with zero attached hydrogens (tertiary/aromatic N) is 4. The van der Waals surface area contributed by atoms with E-state index in [4.69, 9.17) is 9.72 Å². The first-order chi connectivity index (χ1) is 15.7. The smallest absolute Gasteiger partial charge is 0.295 e. The number of alkyl halides is 2. The maximum atomic E-state index is 14.0. The number of hydrogen-bond donors (Lipinski definition) is 1. The van der Waals surface area contributed by atoms with Gasteiger partial charge in [-0.05, 0) is 30.9 Å². The zero-order valence-corrected chi connectivity index (χ0v) is 18.1. The van der Waals surface area contributed by atoms with Crippen molar-refractivity contribution in [2.75, 3.05) is 43.1 Å². The molecule has 6 nitrogen and oxygen atoms in total. The molecule has 0 radical (unpaired) electrons. The molecule has 0 amide bonds. The van der Waals surface area contributed by atoms with E-state index in [1.54, 1.807) is 10.6 Å². The Morgan fingerprint density at radius 1 is 1.03 bits per heavy atom. The Morgan fingerprint density at radius 2 is 1.81 bits per heavy atom. The number of ether oxygens (including phenoxy) is 1. The van der Waals surface area contributed by atoms with Crippen LogP contribution in [0.4, 0.5) is 20.4 Å². The Balaban J connectivity index is 1.55. The fourth-order valence-corrected chi connectivity index (χ4v) is 4.78. The van der Waals surface area contributed by atoms with Gasteiger partial charge in [-0.2, -0.15) is 0 Å². The van der Waals surface area contributed by atoms with Gasteiger partial charge in [-0.15, -0.1) is 0 Å². The normalized spacial score (nSPS) is 17.9. The van der Waals surface area contributed by atoms with Gasteiger partial charge < -0.3 is 15.0 Å². The largest absolute Gasteiger partial charge is 0.378 e. The molecule has 0 spiro atoms. The second kappa shape index (κ2) is 9.40. The van der Waals surface area contributed by atoms with Crippen LogP contribution in [0.1, 0.15) is 44.4 Å². The van der Waals surface area contributed by atoms with E-state index >= 15 is 0 Å². The summed E-state index contributed by atoms with van der Waals surface area (Å²) in [6.45, 7) is 3.57. The summed E-state index contributed by atoms with van der Waals surface area (Å²) >= 11 is 0. The number of para-hydroxylation sites is 2. The fraction of sp³-hybridized carbons (Fsp3) is 0.500. The van der Waals surface area contributed by atoms with Crippen LogP contribution in [-0.2, 0) is 4.74 Å². The van der Waals surface area contributed by atoms with Gasteiger partial charge in [0.15, 0.2) is 5.82 Å². The lowest BCUT2D eigenvalue weighted by Crippen LogP contribution is -2.37. The standard InChI is InChI=1S/C24H29F2N5O/c25-23(26)24-28-19-8-4-5-9-20(19)31(24)18-14-21(27-16-17-6-2-1-3-7-17)29-22(15-18)30-10-12-32-13-11-30/h4-5,8-9,14-15,17,23H,1-3,6-7,10-13,16H2,(H,27,29). The van der Waals surface area contributed by atoms with E-state index in [0.717, 1.165) is 25.5 Å². The minimum Gasteiger partial charge on any atom is -0.378 e. The Labute approximate surface area is 186 Å². The number of aromatic nitrogens is 3. The summed E-state index contributed by atoms with van der Waals surface area (Å²) in [6.07, 6.45) is 3.64. The predicted octanol–water partition coefficient (Wildman–Crippen LogP) is 5.19. The predicted molar refractivity (Wildman–Crippen MR) is 122 cm³/mol. The van der Waals surface area contributed by atoms with Gasteiger partial charge in [0.25, 0.3) is 6.43 Å². The number of nitrogens with one attached hydrogen (secondary N) is 1. The summed E-state index contributed by atoms with van der Waals surface area (Å²) < 4.78 is 35.0. The van der Waals surface area contributed by atoms with Crippen molar-refractivity contribution in [2.24, 2.45) is 5.92 Å². The van der Waals surface area contributed by atoms with Crippen molar-refractivity contribution in [1.82, 2.24) is 14.5 Å². The van der Waals surface area contributed by atoms with E-state index in [1.165, 1.54) is 32.1 Å². The van der Waals surface area contributed by atoms with Crippen molar-refractivity contribution >= 4 is 22.7 Å². The van der Waals surface area contributed by atoms with E-state index in [9.17, 15) is 8.78 Å². The zero-order chi connectivity index (χ0) is 21.9. The molecular formula is C24H29F2N5O. The lowest BCUT2D eigenvalue weighted by atomic mass is 9.89. The topological polar surface area (TPSA) is 55.2 Å². The summed E-state index contributed by atoms with van der Waals surface area (Å²) in [6, 6.07) is 11.0. The van der Waals surface area contributed by atoms with Gasteiger partial charge in [0, 0.05) is 31.8 Å². The van der Waals surface area contributed by atoms with Crippen LogP contribution in [0, 0.1) is 5.92 Å². The maximum Gasteiger partial charge on any atom is 0.295 e. The molecule has 3 aromatic rings. The van der Waals surface area contributed by atoms with Crippen LogP contribution in [0.2, 0.25) is 0 Å². The first-order valence-corrected chi connectivity index (χ1v) is 11.5. The quantitative estimate of drug-likeness (QED) is 0.571. The first kappa shape index (κ1) is 21.1. The van der Waals surface area contributed by atoms with Crippen LogP contribution < -0.4 is 10.2 Å². The molecule has 1 saturated heterocycles. The molecule has 3 heterocycles. The molecule has 170 valence electrons. The summed E-state index contributed by atoms with van der Waals surface area (Å²) in [5.41, 5.74) is 1.88. The third-order valence-electron chi connectivity index (χ3n) is 6.47. The van der Waals surface area contributed by atoms with Gasteiger partial charge >= 0.3 is 0 Å². The molecule has 2 aliphatic rings. The van der Waals surface area contributed by atoms with Crippen molar-refractivity contribution in [2.45, 2.75) is 38.5 Å². The highest BCUT2D eigenvalue weighted by Gasteiger charge is 2.22. The molecule has 1 aliphatic heterocycles. The van der Waals surface area contributed by atoms with Crippen LogP contribution in [0.5, 0.6) is 0 Å². The summed E-state index contributed by atoms with van der Waals surface area (Å²) in [5, 5.41) is 3.50. The van der Waals surface area contributed by atoms with Gasteiger partial charge in [-0.3, -0.25) is 4.57 Å². The molecule has 1 aliphatic carbocycles. The molecule has 32 heavy (non-hydrogen) atoms. The van der Waals surface area contributed by atoms with Crippen LogP contribution in [0.3, 0.4) is 0 Å². The summed E-state index contributed by atoms with van der Waals surface area (Å²) in [4.78, 5) is 11.2. The summed E-state index contributed by atoms with van der Waals surface area (Å²) in [5.74, 6) is 1.87. The molecule has 2 aromatic heterocycles. The second-order valence-electron chi connectivity index (χ2n) is 8.65. The van der Waals surface area contributed by atoms with E-state index < -0.39 is 6.43 Å². The van der Waals surface area contributed by atoms with E-state index in [1.807, 2.05) is 30.3 Å². The van der Waals surface area contributed by atoms with Crippen molar-refractivity contribution in [3.05, 3.63) is 42.2 Å². The maximum absolute atomic E-state index is 14.0. The van der Waals surface area contributed by atoms with Gasteiger partial charge in [0.05, 0.1) is 29.9 Å². The number of fused-ring (bicyclic) bond motifs is 1. The van der Waals surface area contributed by atoms with Crippen molar-refractivity contribution < 1.29 is 13.5 Å². The van der Waals surface area contributed by atoms with Crippen LogP contribution in [-0.4, -0.2) is 47.4 Å². The Hall–Kier alpha value is -2.74. The number of morpholine rings is 1. The van der Waals surface area contributed by atoms with E-state index in [0.29, 0.717) is 41.7 Å². The number of pyridine rings is 1. The minimum absolute atomic E-state index is 0.247. The van der Waals surface area contributed by atoms with Gasteiger partial charge in [0.1, 0.15) is 11.6 Å². The third-order valence-corrected chi connectivity index (χ3v) is 6.47. The number of halogens is 2. The monoisotopic (exact) mass is 441 g/mol. The molecule has 1 saturated carbocycles. The van der Waals surface area contributed by atoms with Crippen molar-refractivity contribution in [3.8, 4) is 5.69 Å². The van der Waals surface area contributed by atoms with Crippen molar-refractivity contribution in [3.63, 3.8) is 0 Å². The van der Waals surface area contributed by atoms with Gasteiger partial charge in [-0.25, -0.2) is 18.7 Å². The highest BCUT2D eigenvalue weighted by Crippen LogP contribution is 2.31. The molecule has 0 bridgehead atoms. The lowest BCUT2D eigenvalue weighted by Gasteiger charge is -2.29. The average Bonchev–Trinajstić information content (AvgIpc) is 3.24. The SMILES string of the molecule is FC(F)c1nc2ccccc2n1-c1cc(NCC2CCCCC2)nc(N2CCOCC2)c1. The second-order valence-corrected chi connectivity index (χ2v) is 8.65. The minimum atomic E-state index is -2.68. The first-order valence-electron chi connectivity index (χ1n) is 11.5. The molecule has 2 fully saturated rings. The Morgan fingerprint density at radius 3 is 2.59 bits per heavy atom. The molecule has 0 unspecified atom stereocenters. The number of benzene rings is 1. The van der Waals surface area contributed by atoms with Crippen molar-refractivity contribution in [1.29, 1.82) is 0 Å². The number of hydrogen-bond acceptors (Lipinski definition) is 5. The number of imidazole rings is 1. The third kappa shape index (κ3) is 4.41. The van der Waals surface area contributed by atoms with Crippen LogP contribution in [0.25, 0.3) is 16.7 Å². The molecule has 1 aromatic carbocycles. The summed E-state index contributed by atoms with van der Waals surface area (Å²) in [7, 11) is 0. The molecule has 5 rings (SSSR count). The molecular weight excluding hydrogens is 412 g/mol. The average molecular weight is 442 g/mol. The molecule has 8 heteroatoms. The molecule has 0 atom stereocenters. The Kier molecular flexibility index (Phi) is 6.21. The van der Waals surface area contributed by atoms with Gasteiger partial charge in [0.2, 0.25) is 0 Å². The zero-order valence-electron chi connectivity index (χ0n) is 18.1. The van der Waals surface area contributed by atoms with Gasteiger partial charge in [-0.1, -0.05) is 31.4 Å².